The number of rotatable bonds is 4. The van der Waals surface area contributed by atoms with Crippen LogP contribution in [0.5, 0.6) is 0 Å². The zero-order valence-corrected chi connectivity index (χ0v) is 9.77. The van der Waals surface area contributed by atoms with Crippen LogP contribution in [0.3, 0.4) is 0 Å². The van der Waals surface area contributed by atoms with Crippen LogP contribution in [0.1, 0.15) is 5.82 Å². The molecule has 0 aliphatic carbocycles. The van der Waals surface area contributed by atoms with E-state index in [4.69, 9.17) is 9.63 Å². The third-order valence-corrected chi connectivity index (χ3v) is 2.78. The average molecular weight is 251 g/mol. The van der Waals surface area contributed by atoms with E-state index >= 15 is 0 Å². The van der Waals surface area contributed by atoms with Crippen LogP contribution in [0.15, 0.2) is 27.9 Å². The van der Waals surface area contributed by atoms with E-state index in [1.165, 1.54) is 0 Å². The molecule has 0 spiro atoms. The minimum atomic E-state index is -0.867. The number of thioether (sulfide) groups is 1. The number of carboxylic acids is 1. The molecule has 0 aromatic carbocycles. The van der Waals surface area contributed by atoms with Gasteiger partial charge < -0.3 is 9.63 Å². The molecule has 0 bridgehead atoms. The number of hydrogen-bond acceptors (Lipinski definition) is 6. The molecule has 0 saturated heterocycles. The molecule has 0 saturated carbocycles. The standard InChI is InChI=1S/C10H9N3O3S/c1-6-12-10(16-13-6)7-2-3-8(11-4-7)17-5-9(14)15/h2-4H,5H2,1H3,(H,14,15). The number of carbonyl (C=O) groups is 1. The number of pyridine rings is 1. The third-order valence-electron chi connectivity index (χ3n) is 1.85. The van der Waals surface area contributed by atoms with E-state index in [2.05, 4.69) is 15.1 Å². The van der Waals surface area contributed by atoms with Crippen molar-refractivity contribution < 1.29 is 14.4 Å². The summed E-state index contributed by atoms with van der Waals surface area (Å²) in [7, 11) is 0. The van der Waals surface area contributed by atoms with Crippen molar-refractivity contribution in [2.45, 2.75) is 11.9 Å². The van der Waals surface area contributed by atoms with Crippen LogP contribution in [0.4, 0.5) is 0 Å². The van der Waals surface area contributed by atoms with Gasteiger partial charge in [-0.15, -0.1) is 0 Å². The zero-order valence-electron chi connectivity index (χ0n) is 8.95. The molecule has 2 aromatic heterocycles. The van der Waals surface area contributed by atoms with Gasteiger partial charge in [-0.25, -0.2) is 4.98 Å². The molecule has 0 amide bonds. The fraction of sp³-hybridized carbons (Fsp3) is 0.200. The number of nitrogens with zero attached hydrogens (tertiary/aromatic N) is 3. The molecule has 0 aliphatic heterocycles. The fourth-order valence-electron chi connectivity index (χ4n) is 1.14. The topological polar surface area (TPSA) is 89.1 Å². The molecule has 17 heavy (non-hydrogen) atoms. The van der Waals surface area contributed by atoms with Crippen molar-refractivity contribution in [3.63, 3.8) is 0 Å². The Bertz CT molecular complexity index is 524. The van der Waals surface area contributed by atoms with Crippen molar-refractivity contribution >= 4 is 17.7 Å². The van der Waals surface area contributed by atoms with Gasteiger partial charge in [-0.05, 0) is 19.1 Å². The molecule has 2 rings (SSSR count). The maximum absolute atomic E-state index is 10.4. The monoisotopic (exact) mass is 251 g/mol. The van der Waals surface area contributed by atoms with Gasteiger partial charge in [-0.3, -0.25) is 4.79 Å². The number of hydrogen-bond donors (Lipinski definition) is 1. The van der Waals surface area contributed by atoms with Crippen LogP contribution in [0.2, 0.25) is 0 Å². The van der Waals surface area contributed by atoms with E-state index in [1.807, 2.05) is 0 Å². The molecule has 0 aliphatic rings. The Morgan fingerprint density at radius 3 is 2.88 bits per heavy atom. The highest BCUT2D eigenvalue weighted by Crippen LogP contribution is 2.20. The predicted octanol–water partition coefficient (Wildman–Crippen LogP) is 1.62. The summed E-state index contributed by atoms with van der Waals surface area (Å²) in [5, 5.41) is 12.9. The SMILES string of the molecule is Cc1noc(-c2ccc(SCC(=O)O)nc2)n1. The normalized spacial score (nSPS) is 10.4. The number of aliphatic carboxylic acids is 1. The van der Waals surface area contributed by atoms with E-state index in [0.717, 1.165) is 11.8 Å². The van der Waals surface area contributed by atoms with Crippen molar-refractivity contribution in [1.82, 2.24) is 15.1 Å². The minimum Gasteiger partial charge on any atom is -0.481 e. The zero-order chi connectivity index (χ0) is 12.3. The van der Waals surface area contributed by atoms with Crippen LogP contribution < -0.4 is 0 Å². The van der Waals surface area contributed by atoms with E-state index < -0.39 is 5.97 Å². The first kappa shape index (κ1) is 11.6. The molecule has 0 radical (unpaired) electrons. The highest BCUT2D eigenvalue weighted by molar-refractivity contribution is 7.99. The molecule has 2 heterocycles. The summed E-state index contributed by atoms with van der Waals surface area (Å²) in [6, 6.07) is 3.49. The smallest absolute Gasteiger partial charge is 0.313 e. The van der Waals surface area contributed by atoms with Gasteiger partial charge in [0.25, 0.3) is 5.89 Å². The highest BCUT2D eigenvalue weighted by Gasteiger charge is 2.07. The van der Waals surface area contributed by atoms with Crippen molar-refractivity contribution in [2.24, 2.45) is 0 Å². The van der Waals surface area contributed by atoms with E-state index in [0.29, 0.717) is 22.3 Å². The lowest BCUT2D eigenvalue weighted by atomic mass is 10.3. The predicted molar refractivity (Wildman–Crippen MR) is 60.6 cm³/mol. The molecule has 6 nitrogen and oxygen atoms in total. The first-order chi connectivity index (χ1) is 8.15. The number of aryl methyl sites for hydroxylation is 1. The quantitative estimate of drug-likeness (QED) is 0.825. The molecule has 7 heteroatoms. The van der Waals surface area contributed by atoms with Gasteiger partial charge in [0.05, 0.1) is 16.3 Å². The maximum Gasteiger partial charge on any atom is 0.313 e. The Hall–Kier alpha value is -1.89. The summed E-state index contributed by atoms with van der Waals surface area (Å²) in [6.07, 6.45) is 1.58. The van der Waals surface area contributed by atoms with Crippen LogP contribution in [0.25, 0.3) is 11.5 Å². The lowest BCUT2D eigenvalue weighted by Crippen LogP contribution is -1.97. The average Bonchev–Trinajstić information content (AvgIpc) is 2.74. The lowest BCUT2D eigenvalue weighted by molar-refractivity contribution is -0.133. The van der Waals surface area contributed by atoms with Gasteiger partial charge in [0.1, 0.15) is 0 Å². The van der Waals surface area contributed by atoms with Crippen LogP contribution in [-0.4, -0.2) is 32.0 Å². The van der Waals surface area contributed by atoms with Gasteiger partial charge in [0.15, 0.2) is 5.82 Å². The molecular weight excluding hydrogens is 242 g/mol. The Labute approximate surface area is 101 Å². The summed E-state index contributed by atoms with van der Waals surface area (Å²) < 4.78 is 4.99. The van der Waals surface area contributed by atoms with Crippen molar-refractivity contribution in [2.75, 3.05) is 5.75 Å². The Morgan fingerprint density at radius 1 is 1.53 bits per heavy atom. The Kier molecular flexibility index (Phi) is 3.38. The fourth-order valence-corrected chi connectivity index (χ4v) is 1.71. The van der Waals surface area contributed by atoms with Gasteiger partial charge in [-0.2, -0.15) is 4.98 Å². The third kappa shape index (κ3) is 3.04. The minimum absolute atomic E-state index is 0.00792. The number of aromatic nitrogens is 3. The Morgan fingerprint density at radius 2 is 2.35 bits per heavy atom. The lowest BCUT2D eigenvalue weighted by Gasteiger charge is -1.98. The van der Waals surface area contributed by atoms with Crippen molar-refractivity contribution in [1.29, 1.82) is 0 Å². The van der Waals surface area contributed by atoms with Gasteiger partial charge in [0, 0.05) is 6.20 Å². The van der Waals surface area contributed by atoms with E-state index in [-0.39, 0.29) is 5.75 Å². The van der Waals surface area contributed by atoms with E-state index in [9.17, 15) is 4.79 Å². The first-order valence-corrected chi connectivity index (χ1v) is 5.75. The highest BCUT2D eigenvalue weighted by atomic mass is 32.2. The second-order valence-corrected chi connectivity index (χ2v) is 4.21. The molecular formula is C10H9N3O3S. The molecule has 0 unspecified atom stereocenters. The molecule has 0 fully saturated rings. The largest absolute Gasteiger partial charge is 0.481 e. The molecule has 0 atom stereocenters. The van der Waals surface area contributed by atoms with Gasteiger partial charge >= 0.3 is 5.97 Å². The van der Waals surface area contributed by atoms with Crippen LogP contribution in [0, 0.1) is 6.92 Å². The summed E-state index contributed by atoms with van der Waals surface area (Å²) in [4.78, 5) is 18.6. The van der Waals surface area contributed by atoms with E-state index in [1.54, 1.807) is 25.3 Å². The summed E-state index contributed by atoms with van der Waals surface area (Å²) in [5.74, 6) is 0.0916. The molecule has 2 aromatic rings. The number of carboxylic acid groups (broad SMARTS) is 1. The van der Waals surface area contributed by atoms with Crippen LogP contribution in [-0.2, 0) is 4.79 Å². The summed E-state index contributed by atoms with van der Waals surface area (Å²) in [6.45, 7) is 1.73. The van der Waals surface area contributed by atoms with Gasteiger partial charge in [-0.1, -0.05) is 16.9 Å². The summed E-state index contributed by atoms with van der Waals surface area (Å²) in [5.41, 5.74) is 0.713. The van der Waals surface area contributed by atoms with Gasteiger partial charge in [0.2, 0.25) is 0 Å². The summed E-state index contributed by atoms with van der Waals surface area (Å²) >= 11 is 1.16. The molecule has 1 N–H and O–H groups in total. The second kappa shape index (κ2) is 4.96. The van der Waals surface area contributed by atoms with Crippen molar-refractivity contribution in [3.8, 4) is 11.5 Å². The second-order valence-electron chi connectivity index (χ2n) is 3.21. The first-order valence-electron chi connectivity index (χ1n) is 4.76. The molecule has 88 valence electrons. The Balaban J connectivity index is 2.10. The maximum atomic E-state index is 10.4. The van der Waals surface area contributed by atoms with Crippen LogP contribution >= 0.6 is 11.8 Å². The van der Waals surface area contributed by atoms with Crippen molar-refractivity contribution in [3.05, 3.63) is 24.2 Å².